The molecule has 5 nitrogen and oxygen atoms in total. The van der Waals surface area contributed by atoms with E-state index in [0.717, 1.165) is 28.9 Å². The van der Waals surface area contributed by atoms with Crippen molar-refractivity contribution in [1.29, 1.82) is 0 Å². The number of hydrogen-bond donors (Lipinski definition) is 0. The first-order chi connectivity index (χ1) is 14.6. The number of furan rings is 1. The third kappa shape index (κ3) is 3.83. The van der Waals surface area contributed by atoms with Crippen molar-refractivity contribution >= 4 is 12.0 Å². The highest BCUT2D eigenvalue weighted by molar-refractivity contribution is 5.92. The smallest absolute Gasteiger partial charge is 0.247 e. The molecule has 1 aromatic heterocycles. The monoisotopic (exact) mass is 403 g/mol. The van der Waals surface area contributed by atoms with Crippen LogP contribution >= 0.6 is 0 Å². The quantitative estimate of drug-likeness (QED) is 0.575. The van der Waals surface area contributed by atoms with Crippen molar-refractivity contribution in [1.82, 2.24) is 4.90 Å². The number of amides is 1. The number of hydrogen-bond acceptors (Lipinski definition) is 4. The van der Waals surface area contributed by atoms with Crippen molar-refractivity contribution < 1.29 is 18.7 Å². The van der Waals surface area contributed by atoms with Crippen molar-refractivity contribution in [2.75, 3.05) is 20.8 Å². The van der Waals surface area contributed by atoms with Crippen molar-refractivity contribution in [2.45, 2.75) is 19.4 Å². The molecule has 2 heterocycles. The number of methoxy groups -OCH3 is 2. The van der Waals surface area contributed by atoms with E-state index in [4.69, 9.17) is 13.9 Å². The van der Waals surface area contributed by atoms with Crippen LogP contribution in [0, 0.1) is 6.92 Å². The number of benzene rings is 2. The van der Waals surface area contributed by atoms with Gasteiger partial charge in [-0.2, -0.15) is 0 Å². The molecule has 1 aliphatic heterocycles. The van der Waals surface area contributed by atoms with Crippen LogP contribution in [0.2, 0.25) is 0 Å². The SMILES string of the molecule is COc1cc2c(cc1OC)[C@H](c1ccccc1)N(C(=O)/C=C\c1ccc(C)o1)CC2. The molecule has 0 saturated carbocycles. The number of fused-ring (bicyclic) bond motifs is 1. The second kappa shape index (κ2) is 8.49. The highest BCUT2D eigenvalue weighted by atomic mass is 16.5. The van der Waals surface area contributed by atoms with Gasteiger partial charge in [0.2, 0.25) is 5.91 Å². The maximum Gasteiger partial charge on any atom is 0.247 e. The summed E-state index contributed by atoms with van der Waals surface area (Å²) < 4.78 is 16.6. The molecule has 0 saturated heterocycles. The van der Waals surface area contributed by atoms with Crippen molar-refractivity contribution in [3.8, 4) is 11.5 Å². The van der Waals surface area contributed by atoms with Gasteiger partial charge in [0.15, 0.2) is 11.5 Å². The molecule has 1 aliphatic rings. The van der Waals surface area contributed by atoms with E-state index in [0.29, 0.717) is 23.8 Å². The third-order valence-electron chi connectivity index (χ3n) is 5.42. The molecule has 0 bridgehead atoms. The van der Waals surface area contributed by atoms with Crippen LogP contribution in [0.15, 0.2) is 65.1 Å². The number of aryl methyl sites for hydroxylation is 1. The van der Waals surface area contributed by atoms with Gasteiger partial charge in [0.25, 0.3) is 0 Å². The van der Waals surface area contributed by atoms with E-state index in [9.17, 15) is 4.79 Å². The van der Waals surface area contributed by atoms with Gasteiger partial charge >= 0.3 is 0 Å². The molecule has 5 heteroatoms. The molecular weight excluding hydrogens is 378 g/mol. The predicted octanol–water partition coefficient (Wildman–Crippen LogP) is 4.79. The highest BCUT2D eigenvalue weighted by Gasteiger charge is 2.32. The Morgan fingerprint density at radius 1 is 1.07 bits per heavy atom. The van der Waals surface area contributed by atoms with Crippen LogP contribution in [-0.4, -0.2) is 31.6 Å². The van der Waals surface area contributed by atoms with E-state index in [1.165, 1.54) is 0 Å². The Balaban J connectivity index is 1.74. The zero-order chi connectivity index (χ0) is 21.1. The average Bonchev–Trinajstić information content (AvgIpc) is 3.21. The first-order valence-electron chi connectivity index (χ1n) is 9.95. The van der Waals surface area contributed by atoms with E-state index in [1.54, 1.807) is 26.4 Å². The Bertz CT molecular complexity index is 1070. The van der Waals surface area contributed by atoms with E-state index in [-0.39, 0.29) is 11.9 Å². The lowest BCUT2D eigenvalue weighted by Crippen LogP contribution is -2.39. The Kier molecular flexibility index (Phi) is 5.61. The van der Waals surface area contributed by atoms with E-state index >= 15 is 0 Å². The lowest BCUT2D eigenvalue weighted by molar-refractivity contribution is -0.128. The van der Waals surface area contributed by atoms with Gasteiger partial charge in [-0.1, -0.05) is 30.3 Å². The van der Waals surface area contributed by atoms with Crippen molar-refractivity contribution in [3.05, 3.63) is 88.9 Å². The van der Waals surface area contributed by atoms with Crippen LogP contribution in [0.4, 0.5) is 0 Å². The molecule has 154 valence electrons. The lowest BCUT2D eigenvalue weighted by atomic mass is 9.87. The van der Waals surface area contributed by atoms with Gasteiger partial charge in [-0.3, -0.25) is 4.79 Å². The topological polar surface area (TPSA) is 51.9 Å². The normalized spacial score (nSPS) is 15.8. The molecule has 1 amide bonds. The van der Waals surface area contributed by atoms with Crippen LogP contribution in [0.3, 0.4) is 0 Å². The van der Waals surface area contributed by atoms with Gasteiger partial charge in [0.05, 0.1) is 20.3 Å². The van der Waals surface area contributed by atoms with Crippen LogP contribution in [0.1, 0.15) is 34.3 Å². The minimum absolute atomic E-state index is 0.0571. The summed E-state index contributed by atoms with van der Waals surface area (Å²) in [6.45, 7) is 2.50. The molecule has 0 fully saturated rings. The summed E-state index contributed by atoms with van der Waals surface area (Å²) in [6, 6.07) is 17.6. The van der Waals surface area contributed by atoms with Gasteiger partial charge in [-0.05, 0) is 60.4 Å². The van der Waals surface area contributed by atoms with E-state index in [1.807, 2.05) is 54.3 Å². The molecule has 0 N–H and O–H groups in total. The van der Waals surface area contributed by atoms with E-state index in [2.05, 4.69) is 12.1 Å². The molecule has 1 atom stereocenters. The average molecular weight is 403 g/mol. The van der Waals surface area contributed by atoms with Gasteiger partial charge < -0.3 is 18.8 Å². The molecule has 0 unspecified atom stereocenters. The summed E-state index contributed by atoms with van der Waals surface area (Å²) in [7, 11) is 3.26. The van der Waals surface area contributed by atoms with E-state index < -0.39 is 0 Å². The molecule has 0 spiro atoms. The Morgan fingerprint density at radius 3 is 2.47 bits per heavy atom. The summed E-state index contributed by atoms with van der Waals surface area (Å²) in [5.41, 5.74) is 3.28. The summed E-state index contributed by atoms with van der Waals surface area (Å²) >= 11 is 0. The lowest BCUT2D eigenvalue weighted by Gasteiger charge is -2.37. The molecule has 0 aliphatic carbocycles. The van der Waals surface area contributed by atoms with Gasteiger partial charge in [-0.25, -0.2) is 0 Å². The standard InChI is InChI=1S/C25H25NO4/c1-17-9-10-20(30-17)11-12-24(27)26-14-13-19-15-22(28-2)23(29-3)16-21(19)25(26)18-7-5-4-6-8-18/h4-12,15-16,25H,13-14H2,1-3H3/b12-11-/t25-/m0/s1. The largest absolute Gasteiger partial charge is 0.493 e. The number of carbonyl (C=O) groups is 1. The second-order valence-electron chi connectivity index (χ2n) is 7.28. The van der Waals surface area contributed by atoms with Crippen LogP contribution in [0.25, 0.3) is 6.08 Å². The van der Waals surface area contributed by atoms with Crippen molar-refractivity contribution in [2.24, 2.45) is 0 Å². The van der Waals surface area contributed by atoms with Crippen LogP contribution in [0.5, 0.6) is 11.5 Å². The number of ether oxygens (including phenoxy) is 2. The molecule has 30 heavy (non-hydrogen) atoms. The molecule has 3 aromatic rings. The number of carbonyl (C=O) groups excluding carboxylic acids is 1. The number of rotatable bonds is 5. The summed E-state index contributed by atoms with van der Waals surface area (Å²) in [4.78, 5) is 15.1. The van der Waals surface area contributed by atoms with Crippen molar-refractivity contribution in [3.63, 3.8) is 0 Å². The molecule has 4 rings (SSSR count). The molecule has 0 radical (unpaired) electrons. The maximum absolute atomic E-state index is 13.2. The zero-order valence-electron chi connectivity index (χ0n) is 17.4. The summed E-state index contributed by atoms with van der Waals surface area (Å²) in [5.74, 6) is 2.79. The second-order valence-corrected chi connectivity index (χ2v) is 7.28. The Labute approximate surface area is 176 Å². The van der Waals surface area contributed by atoms with Crippen LogP contribution < -0.4 is 9.47 Å². The first kappa shape index (κ1) is 19.8. The maximum atomic E-state index is 13.2. The molecule has 2 aromatic carbocycles. The Morgan fingerprint density at radius 2 is 1.80 bits per heavy atom. The molecular formula is C25H25NO4. The van der Waals surface area contributed by atoms with Gasteiger partial charge in [0.1, 0.15) is 11.5 Å². The highest BCUT2D eigenvalue weighted by Crippen LogP contribution is 2.41. The zero-order valence-corrected chi connectivity index (χ0v) is 17.4. The van der Waals surface area contributed by atoms with Gasteiger partial charge in [-0.15, -0.1) is 0 Å². The fraction of sp³-hybridized carbons (Fsp3) is 0.240. The fourth-order valence-electron chi connectivity index (χ4n) is 3.97. The minimum Gasteiger partial charge on any atom is -0.493 e. The summed E-state index contributed by atoms with van der Waals surface area (Å²) in [6.07, 6.45) is 4.06. The number of nitrogens with zero attached hydrogens (tertiary/aromatic N) is 1. The summed E-state index contributed by atoms with van der Waals surface area (Å²) in [5, 5.41) is 0. The predicted molar refractivity (Wildman–Crippen MR) is 116 cm³/mol. The fourth-order valence-corrected chi connectivity index (χ4v) is 3.97. The minimum atomic E-state index is -0.203. The van der Waals surface area contributed by atoms with Crippen LogP contribution in [-0.2, 0) is 11.2 Å². The van der Waals surface area contributed by atoms with Gasteiger partial charge in [0, 0.05) is 12.6 Å². The third-order valence-corrected chi connectivity index (χ3v) is 5.42. The Hall–Kier alpha value is -3.47. The first-order valence-corrected chi connectivity index (χ1v) is 9.95.